The summed E-state index contributed by atoms with van der Waals surface area (Å²) in [6, 6.07) is 7.80. The third kappa shape index (κ3) is 3.63. The van der Waals surface area contributed by atoms with E-state index in [2.05, 4.69) is 10.3 Å². The molecule has 6 nitrogen and oxygen atoms in total. The van der Waals surface area contributed by atoms with Crippen molar-refractivity contribution in [3.63, 3.8) is 0 Å². The Kier molecular flexibility index (Phi) is 4.93. The normalized spacial score (nSPS) is 16.0. The van der Waals surface area contributed by atoms with Gasteiger partial charge >= 0.3 is 0 Å². The van der Waals surface area contributed by atoms with Crippen molar-refractivity contribution in [1.29, 1.82) is 0 Å². The number of aromatic amines is 1. The number of sulfonamides is 1. The first-order valence-corrected chi connectivity index (χ1v) is 9.54. The van der Waals surface area contributed by atoms with Crippen molar-refractivity contribution in [3.05, 3.63) is 47.2 Å². The van der Waals surface area contributed by atoms with E-state index < -0.39 is 10.0 Å². The Morgan fingerprint density at radius 2 is 1.92 bits per heavy atom. The highest BCUT2D eigenvalue weighted by Crippen LogP contribution is 2.23. The van der Waals surface area contributed by atoms with Gasteiger partial charge in [0.05, 0.1) is 9.92 Å². The molecular weight excluding hydrogens is 350 g/mol. The minimum atomic E-state index is -3.53. The van der Waals surface area contributed by atoms with E-state index in [1.807, 2.05) is 0 Å². The second kappa shape index (κ2) is 6.96. The molecule has 0 spiro atoms. The molecule has 8 heteroatoms. The Bertz CT molecular complexity index is 842. The number of piperidine rings is 1. The lowest BCUT2D eigenvalue weighted by atomic mass is 10.2. The van der Waals surface area contributed by atoms with Gasteiger partial charge in [0.15, 0.2) is 0 Å². The molecule has 1 saturated heterocycles. The summed E-state index contributed by atoms with van der Waals surface area (Å²) in [6.45, 7) is 1.08. The van der Waals surface area contributed by atoms with E-state index in [1.165, 1.54) is 22.6 Å². The number of hydrogen-bond acceptors (Lipinski definition) is 3. The summed E-state index contributed by atoms with van der Waals surface area (Å²) in [5.41, 5.74) is 0.730. The van der Waals surface area contributed by atoms with Gasteiger partial charge in [0, 0.05) is 25.0 Å². The second-order valence-electron chi connectivity index (χ2n) is 5.68. The van der Waals surface area contributed by atoms with Crippen molar-refractivity contribution in [2.75, 3.05) is 18.4 Å². The van der Waals surface area contributed by atoms with Gasteiger partial charge in [-0.1, -0.05) is 24.1 Å². The van der Waals surface area contributed by atoms with Crippen molar-refractivity contribution in [2.45, 2.75) is 24.2 Å². The van der Waals surface area contributed by atoms with Crippen LogP contribution in [0.2, 0.25) is 5.02 Å². The first-order chi connectivity index (χ1) is 11.5. The predicted octanol–water partition coefficient (Wildman–Crippen LogP) is 3.10. The van der Waals surface area contributed by atoms with Gasteiger partial charge in [-0.15, -0.1) is 0 Å². The fourth-order valence-electron chi connectivity index (χ4n) is 2.69. The maximum Gasteiger partial charge on any atom is 0.272 e. The molecule has 0 atom stereocenters. The molecule has 1 aliphatic heterocycles. The highest BCUT2D eigenvalue weighted by atomic mass is 35.5. The molecule has 128 valence electrons. The molecule has 3 rings (SSSR count). The molecule has 2 N–H and O–H groups in total. The summed E-state index contributed by atoms with van der Waals surface area (Å²) in [4.78, 5) is 15.1. The number of benzene rings is 1. The number of carbonyl (C=O) groups is 1. The monoisotopic (exact) mass is 367 g/mol. The van der Waals surface area contributed by atoms with E-state index in [4.69, 9.17) is 11.6 Å². The van der Waals surface area contributed by atoms with E-state index in [9.17, 15) is 13.2 Å². The summed E-state index contributed by atoms with van der Waals surface area (Å²) in [6.07, 6.45) is 4.32. The van der Waals surface area contributed by atoms with E-state index in [0.29, 0.717) is 29.5 Å². The van der Waals surface area contributed by atoms with Crippen LogP contribution in [0, 0.1) is 0 Å². The number of H-pyrrole nitrogens is 1. The molecule has 1 fully saturated rings. The van der Waals surface area contributed by atoms with Crippen LogP contribution < -0.4 is 5.32 Å². The highest BCUT2D eigenvalue weighted by molar-refractivity contribution is 7.89. The summed E-state index contributed by atoms with van der Waals surface area (Å²) < 4.78 is 26.9. The van der Waals surface area contributed by atoms with Crippen LogP contribution in [0.25, 0.3) is 0 Å². The smallest absolute Gasteiger partial charge is 0.272 e. The Morgan fingerprint density at radius 3 is 2.58 bits per heavy atom. The van der Waals surface area contributed by atoms with Crippen LogP contribution in [-0.2, 0) is 10.0 Å². The molecule has 1 aromatic heterocycles. The highest BCUT2D eigenvalue weighted by Gasteiger charge is 2.26. The molecule has 1 aromatic carbocycles. The van der Waals surface area contributed by atoms with Gasteiger partial charge in [0.2, 0.25) is 10.0 Å². The minimum absolute atomic E-state index is 0.187. The summed E-state index contributed by atoms with van der Waals surface area (Å²) in [5.74, 6) is -0.380. The number of carbonyl (C=O) groups excluding carboxylic acids is 1. The zero-order valence-electron chi connectivity index (χ0n) is 13.0. The molecule has 0 unspecified atom stereocenters. The number of hydrogen-bond donors (Lipinski definition) is 2. The van der Waals surface area contributed by atoms with Gasteiger partial charge in [0.25, 0.3) is 5.91 Å². The Hall–Kier alpha value is -1.83. The number of aromatic nitrogens is 1. The number of anilines is 1. The van der Waals surface area contributed by atoms with Crippen LogP contribution >= 0.6 is 11.6 Å². The van der Waals surface area contributed by atoms with E-state index in [-0.39, 0.29) is 10.8 Å². The van der Waals surface area contributed by atoms with Crippen molar-refractivity contribution >= 4 is 33.2 Å². The average molecular weight is 368 g/mol. The van der Waals surface area contributed by atoms with Crippen LogP contribution in [0.3, 0.4) is 0 Å². The SMILES string of the molecule is O=C(Nc1cccc(S(=O)(=O)N2CCCCC2)c1)c1cc(Cl)c[nH]1. The molecule has 0 radical (unpaired) electrons. The number of nitrogens with one attached hydrogen (secondary N) is 2. The number of halogens is 1. The molecule has 24 heavy (non-hydrogen) atoms. The van der Waals surface area contributed by atoms with Crippen LogP contribution in [0.5, 0.6) is 0 Å². The molecular formula is C16H18ClN3O3S. The van der Waals surface area contributed by atoms with Gasteiger partial charge in [-0.2, -0.15) is 4.31 Å². The van der Waals surface area contributed by atoms with Crippen molar-refractivity contribution in [2.24, 2.45) is 0 Å². The summed E-state index contributed by atoms with van der Waals surface area (Å²) in [5, 5.41) is 3.11. The van der Waals surface area contributed by atoms with E-state index in [0.717, 1.165) is 19.3 Å². The van der Waals surface area contributed by atoms with E-state index >= 15 is 0 Å². The largest absolute Gasteiger partial charge is 0.356 e. The zero-order chi connectivity index (χ0) is 17.2. The molecule has 1 aliphatic rings. The van der Waals surface area contributed by atoms with Gasteiger partial charge in [-0.3, -0.25) is 4.79 Å². The Labute approximate surface area is 145 Å². The number of amides is 1. The quantitative estimate of drug-likeness (QED) is 0.871. The molecule has 2 heterocycles. The maximum atomic E-state index is 12.7. The third-order valence-electron chi connectivity index (χ3n) is 3.94. The molecule has 0 bridgehead atoms. The van der Waals surface area contributed by atoms with Crippen LogP contribution in [-0.4, -0.2) is 36.7 Å². The van der Waals surface area contributed by atoms with Gasteiger partial charge in [0.1, 0.15) is 5.69 Å². The van der Waals surface area contributed by atoms with Gasteiger partial charge in [-0.05, 0) is 37.1 Å². The molecule has 0 saturated carbocycles. The average Bonchev–Trinajstić information content (AvgIpc) is 3.02. The summed E-state index contributed by atoms with van der Waals surface area (Å²) in [7, 11) is -3.53. The van der Waals surface area contributed by atoms with E-state index in [1.54, 1.807) is 18.2 Å². The fraction of sp³-hybridized carbons (Fsp3) is 0.312. The minimum Gasteiger partial charge on any atom is -0.356 e. The Balaban J connectivity index is 1.80. The third-order valence-corrected chi connectivity index (χ3v) is 6.05. The predicted molar refractivity (Wildman–Crippen MR) is 92.8 cm³/mol. The first-order valence-electron chi connectivity index (χ1n) is 7.72. The lowest BCUT2D eigenvalue weighted by molar-refractivity contribution is 0.102. The second-order valence-corrected chi connectivity index (χ2v) is 8.05. The summed E-state index contributed by atoms with van der Waals surface area (Å²) >= 11 is 5.78. The molecule has 1 amide bonds. The van der Waals surface area contributed by atoms with Crippen LogP contribution in [0.4, 0.5) is 5.69 Å². The molecule has 2 aromatic rings. The number of rotatable bonds is 4. The molecule has 0 aliphatic carbocycles. The van der Waals surface area contributed by atoms with Gasteiger partial charge < -0.3 is 10.3 Å². The Morgan fingerprint density at radius 1 is 1.17 bits per heavy atom. The standard InChI is InChI=1S/C16H18ClN3O3S/c17-12-9-15(18-11-12)16(21)19-13-5-4-6-14(10-13)24(22,23)20-7-2-1-3-8-20/h4-6,9-11,18H,1-3,7-8H2,(H,19,21). The number of nitrogens with zero attached hydrogens (tertiary/aromatic N) is 1. The lowest BCUT2D eigenvalue weighted by Crippen LogP contribution is -2.35. The first kappa shape index (κ1) is 17.0. The topological polar surface area (TPSA) is 82.3 Å². The van der Waals surface area contributed by atoms with Crippen LogP contribution in [0.15, 0.2) is 41.4 Å². The lowest BCUT2D eigenvalue weighted by Gasteiger charge is -2.26. The zero-order valence-corrected chi connectivity index (χ0v) is 14.5. The van der Waals surface area contributed by atoms with Gasteiger partial charge in [-0.25, -0.2) is 8.42 Å². The van der Waals surface area contributed by atoms with Crippen LogP contribution in [0.1, 0.15) is 29.8 Å². The van der Waals surface area contributed by atoms with Crippen molar-refractivity contribution in [1.82, 2.24) is 9.29 Å². The maximum absolute atomic E-state index is 12.7. The van der Waals surface area contributed by atoms with Crippen molar-refractivity contribution < 1.29 is 13.2 Å². The fourth-order valence-corrected chi connectivity index (χ4v) is 4.41. The van der Waals surface area contributed by atoms with Crippen molar-refractivity contribution in [3.8, 4) is 0 Å².